The van der Waals surface area contributed by atoms with Gasteiger partial charge in [0.1, 0.15) is 0 Å². The lowest BCUT2D eigenvalue weighted by molar-refractivity contribution is -0.132. The van der Waals surface area contributed by atoms with Crippen LogP contribution in [0, 0.1) is 5.92 Å². The van der Waals surface area contributed by atoms with Gasteiger partial charge in [-0.25, -0.2) is 0 Å². The van der Waals surface area contributed by atoms with Gasteiger partial charge in [0.15, 0.2) is 0 Å². The predicted octanol–water partition coefficient (Wildman–Crippen LogP) is 3.73. The van der Waals surface area contributed by atoms with E-state index in [1.54, 1.807) is 18.3 Å². The maximum absolute atomic E-state index is 12.9. The molecule has 0 unspecified atom stereocenters. The lowest BCUT2D eigenvalue weighted by Gasteiger charge is -2.42. The standard InChI is InChI=1S/C19H28N2O2S/c1-13(2)18-10-16(12-24-18)19(23)20-9-7-17-15(11-20)6-4-5-8-21(17)14(3)22/h10,12-13,15,17H,4-9,11H2,1-3H3/t15-,17-/m1/s1. The van der Waals surface area contributed by atoms with E-state index in [1.165, 1.54) is 4.88 Å². The number of hydrogen-bond donors (Lipinski definition) is 0. The minimum Gasteiger partial charge on any atom is -0.340 e. The first-order valence-corrected chi connectivity index (χ1v) is 10.00. The highest BCUT2D eigenvalue weighted by atomic mass is 32.1. The minimum atomic E-state index is 0.162. The van der Waals surface area contributed by atoms with Gasteiger partial charge < -0.3 is 9.80 Å². The summed E-state index contributed by atoms with van der Waals surface area (Å²) in [6, 6.07) is 2.38. The van der Waals surface area contributed by atoms with Crippen molar-refractivity contribution in [1.82, 2.24) is 9.80 Å². The Kier molecular flexibility index (Phi) is 5.28. The first-order valence-electron chi connectivity index (χ1n) is 9.12. The number of carbonyl (C=O) groups excluding carboxylic acids is 2. The monoisotopic (exact) mass is 348 g/mol. The second-order valence-electron chi connectivity index (χ2n) is 7.47. The molecule has 2 aliphatic heterocycles. The summed E-state index contributed by atoms with van der Waals surface area (Å²) in [6.07, 6.45) is 4.28. The number of piperidine rings is 1. The van der Waals surface area contributed by atoms with Gasteiger partial charge in [0, 0.05) is 42.9 Å². The summed E-state index contributed by atoms with van der Waals surface area (Å²) in [5.74, 6) is 1.24. The Balaban J connectivity index is 1.71. The summed E-state index contributed by atoms with van der Waals surface area (Å²) >= 11 is 1.68. The summed E-state index contributed by atoms with van der Waals surface area (Å²) in [7, 11) is 0. The minimum absolute atomic E-state index is 0.162. The Morgan fingerprint density at radius 3 is 2.67 bits per heavy atom. The van der Waals surface area contributed by atoms with Crippen molar-refractivity contribution in [3.05, 3.63) is 21.9 Å². The van der Waals surface area contributed by atoms with Crippen LogP contribution >= 0.6 is 11.3 Å². The molecule has 0 saturated carbocycles. The summed E-state index contributed by atoms with van der Waals surface area (Å²) in [5, 5.41) is 2.00. The SMILES string of the molecule is CC(=O)N1CCCC[C@@H]2CN(C(=O)c3csc(C(C)C)c3)CC[C@H]21. The predicted molar refractivity (Wildman–Crippen MR) is 97.4 cm³/mol. The molecule has 132 valence electrons. The molecule has 4 nitrogen and oxygen atoms in total. The van der Waals surface area contributed by atoms with Crippen molar-refractivity contribution in [2.24, 2.45) is 5.92 Å². The highest BCUT2D eigenvalue weighted by molar-refractivity contribution is 7.10. The van der Waals surface area contributed by atoms with Gasteiger partial charge in [-0.05, 0) is 37.2 Å². The second kappa shape index (κ2) is 7.26. The van der Waals surface area contributed by atoms with Crippen molar-refractivity contribution < 1.29 is 9.59 Å². The molecule has 3 rings (SSSR count). The average Bonchev–Trinajstić information content (AvgIpc) is 2.95. The fraction of sp³-hybridized carbons (Fsp3) is 0.684. The molecule has 0 spiro atoms. The lowest BCUT2D eigenvalue weighted by atomic mass is 9.88. The zero-order valence-electron chi connectivity index (χ0n) is 15.0. The quantitative estimate of drug-likeness (QED) is 0.817. The van der Waals surface area contributed by atoms with Gasteiger partial charge in [-0.1, -0.05) is 20.3 Å². The Morgan fingerprint density at radius 2 is 2.00 bits per heavy atom. The molecule has 3 heterocycles. The van der Waals surface area contributed by atoms with E-state index in [2.05, 4.69) is 24.8 Å². The van der Waals surface area contributed by atoms with Crippen molar-refractivity contribution in [3.63, 3.8) is 0 Å². The fourth-order valence-electron chi connectivity index (χ4n) is 4.09. The van der Waals surface area contributed by atoms with Crippen LogP contribution in [0.15, 0.2) is 11.4 Å². The smallest absolute Gasteiger partial charge is 0.254 e. The van der Waals surface area contributed by atoms with Crippen molar-refractivity contribution in [2.75, 3.05) is 19.6 Å². The molecule has 0 aliphatic carbocycles. The maximum Gasteiger partial charge on any atom is 0.254 e. The van der Waals surface area contributed by atoms with Crippen LogP contribution in [-0.4, -0.2) is 47.3 Å². The molecule has 2 amide bonds. The van der Waals surface area contributed by atoms with Gasteiger partial charge >= 0.3 is 0 Å². The van der Waals surface area contributed by atoms with E-state index in [4.69, 9.17) is 0 Å². The number of amides is 2. The largest absolute Gasteiger partial charge is 0.340 e. The normalized spacial score (nSPS) is 24.7. The van der Waals surface area contributed by atoms with Crippen LogP contribution < -0.4 is 0 Å². The summed E-state index contributed by atoms with van der Waals surface area (Å²) in [6.45, 7) is 8.43. The van der Waals surface area contributed by atoms with Gasteiger partial charge in [-0.3, -0.25) is 9.59 Å². The Hall–Kier alpha value is -1.36. The molecule has 0 aromatic carbocycles. The van der Waals surface area contributed by atoms with Crippen molar-refractivity contribution >= 4 is 23.2 Å². The molecular weight excluding hydrogens is 320 g/mol. The van der Waals surface area contributed by atoms with Gasteiger partial charge in [-0.2, -0.15) is 0 Å². The molecule has 2 aliphatic rings. The molecule has 5 heteroatoms. The molecule has 0 bridgehead atoms. The Labute approximate surface area is 148 Å². The molecule has 0 N–H and O–H groups in total. The number of likely N-dealkylation sites (tertiary alicyclic amines) is 2. The molecule has 2 fully saturated rings. The number of rotatable bonds is 2. The average molecular weight is 349 g/mol. The number of nitrogens with zero attached hydrogens (tertiary/aromatic N) is 2. The van der Waals surface area contributed by atoms with Crippen LogP contribution in [0.1, 0.15) is 67.6 Å². The maximum atomic E-state index is 12.9. The third-order valence-electron chi connectivity index (χ3n) is 5.45. The fourth-order valence-corrected chi connectivity index (χ4v) is 4.99. The number of fused-ring (bicyclic) bond motifs is 1. The van der Waals surface area contributed by atoms with E-state index in [0.29, 0.717) is 17.9 Å². The van der Waals surface area contributed by atoms with Gasteiger partial charge in [0.2, 0.25) is 5.91 Å². The topological polar surface area (TPSA) is 40.6 Å². The molecule has 2 saturated heterocycles. The zero-order valence-corrected chi connectivity index (χ0v) is 15.8. The third-order valence-corrected chi connectivity index (χ3v) is 6.68. The van der Waals surface area contributed by atoms with Gasteiger partial charge in [-0.15, -0.1) is 11.3 Å². The Morgan fingerprint density at radius 1 is 1.21 bits per heavy atom. The third kappa shape index (κ3) is 3.51. The molecule has 1 aromatic rings. The molecule has 1 aromatic heterocycles. The lowest BCUT2D eigenvalue weighted by Crippen LogP contribution is -2.53. The first-order chi connectivity index (χ1) is 11.5. The zero-order chi connectivity index (χ0) is 17.3. The molecule has 2 atom stereocenters. The van der Waals surface area contributed by atoms with Crippen LogP contribution in [0.5, 0.6) is 0 Å². The van der Waals surface area contributed by atoms with Crippen molar-refractivity contribution in [1.29, 1.82) is 0 Å². The van der Waals surface area contributed by atoms with Gasteiger partial charge in [0.25, 0.3) is 5.91 Å². The first kappa shape index (κ1) is 17.5. The van der Waals surface area contributed by atoms with Gasteiger partial charge in [0.05, 0.1) is 5.56 Å². The molecule has 0 radical (unpaired) electrons. The van der Waals surface area contributed by atoms with E-state index in [0.717, 1.165) is 50.9 Å². The van der Waals surface area contributed by atoms with E-state index >= 15 is 0 Å². The second-order valence-corrected chi connectivity index (χ2v) is 8.41. The molecule has 24 heavy (non-hydrogen) atoms. The number of hydrogen-bond acceptors (Lipinski definition) is 3. The number of carbonyl (C=O) groups is 2. The van der Waals surface area contributed by atoms with E-state index in [9.17, 15) is 9.59 Å². The highest BCUT2D eigenvalue weighted by Crippen LogP contribution is 2.31. The van der Waals surface area contributed by atoms with E-state index < -0.39 is 0 Å². The summed E-state index contributed by atoms with van der Waals surface area (Å²) in [5.41, 5.74) is 0.833. The van der Waals surface area contributed by atoms with Crippen LogP contribution in [0.2, 0.25) is 0 Å². The van der Waals surface area contributed by atoms with Crippen LogP contribution in [-0.2, 0) is 4.79 Å². The summed E-state index contributed by atoms with van der Waals surface area (Å²) < 4.78 is 0. The van der Waals surface area contributed by atoms with E-state index in [-0.39, 0.29) is 11.8 Å². The van der Waals surface area contributed by atoms with Crippen molar-refractivity contribution in [2.45, 2.75) is 58.4 Å². The van der Waals surface area contributed by atoms with Crippen LogP contribution in [0.4, 0.5) is 0 Å². The van der Waals surface area contributed by atoms with Crippen molar-refractivity contribution in [3.8, 4) is 0 Å². The van der Waals surface area contributed by atoms with Crippen LogP contribution in [0.25, 0.3) is 0 Å². The Bertz CT molecular complexity index is 610. The van der Waals surface area contributed by atoms with Crippen LogP contribution in [0.3, 0.4) is 0 Å². The summed E-state index contributed by atoms with van der Waals surface area (Å²) in [4.78, 5) is 30.2. The highest BCUT2D eigenvalue weighted by Gasteiger charge is 2.37. The van der Waals surface area contributed by atoms with E-state index in [1.807, 2.05) is 10.3 Å². The molecular formula is C19H28N2O2S. The number of thiophene rings is 1.